The van der Waals surface area contributed by atoms with Crippen LogP contribution in [0.1, 0.15) is 37.0 Å². The van der Waals surface area contributed by atoms with E-state index in [4.69, 9.17) is 5.73 Å². The molecule has 3 heterocycles. The van der Waals surface area contributed by atoms with Crippen molar-refractivity contribution in [1.29, 1.82) is 0 Å². The third kappa shape index (κ3) is 3.36. The fraction of sp³-hybridized carbons (Fsp3) is 0.400. The molecule has 27 heavy (non-hydrogen) atoms. The number of H-pyrrole nitrogens is 1. The Kier molecular flexibility index (Phi) is 4.72. The molecule has 0 radical (unpaired) electrons. The largest absolute Gasteiger partial charge is 0.387 e. The van der Waals surface area contributed by atoms with Crippen LogP contribution in [0.15, 0.2) is 41.3 Å². The highest BCUT2D eigenvalue weighted by molar-refractivity contribution is 5.79. The lowest BCUT2D eigenvalue weighted by molar-refractivity contribution is 0.119. The van der Waals surface area contributed by atoms with Crippen molar-refractivity contribution in [2.24, 2.45) is 0 Å². The van der Waals surface area contributed by atoms with Crippen LogP contribution in [0.3, 0.4) is 0 Å². The molecular formula is C20H25N5O2. The molecule has 1 aliphatic heterocycles. The number of aliphatic hydroxyl groups excluding tert-OH is 1. The van der Waals surface area contributed by atoms with Gasteiger partial charge in [0.2, 0.25) is 0 Å². The second kappa shape index (κ2) is 7.17. The maximum absolute atomic E-state index is 12.2. The minimum absolute atomic E-state index is 0.115. The van der Waals surface area contributed by atoms with Crippen molar-refractivity contribution in [3.8, 4) is 0 Å². The van der Waals surface area contributed by atoms with Crippen molar-refractivity contribution < 1.29 is 5.11 Å². The highest BCUT2D eigenvalue weighted by Crippen LogP contribution is 2.30. The van der Waals surface area contributed by atoms with Gasteiger partial charge in [-0.2, -0.15) is 0 Å². The molecule has 0 saturated carbocycles. The van der Waals surface area contributed by atoms with E-state index < -0.39 is 6.10 Å². The number of nitrogens with two attached hydrogens (primary N) is 1. The van der Waals surface area contributed by atoms with Gasteiger partial charge in [0.05, 0.1) is 17.1 Å². The number of anilines is 1. The summed E-state index contributed by atoms with van der Waals surface area (Å²) in [5.74, 6) is 0.574. The SMILES string of the molecule is CC(CCc1cccnc1N)N[C@@H]1CCn2c(=O)[nH]c3cccc(c32)[C@H]1O. The summed E-state index contributed by atoms with van der Waals surface area (Å²) in [4.78, 5) is 19.2. The van der Waals surface area contributed by atoms with Gasteiger partial charge in [-0.3, -0.25) is 4.57 Å². The topological polar surface area (TPSA) is 109 Å². The van der Waals surface area contributed by atoms with Crippen LogP contribution in [0.5, 0.6) is 0 Å². The van der Waals surface area contributed by atoms with Crippen LogP contribution in [0.25, 0.3) is 11.0 Å². The zero-order valence-corrected chi connectivity index (χ0v) is 15.4. The number of pyridine rings is 1. The van der Waals surface area contributed by atoms with Crippen molar-refractivity contribution in [3.05, 3.63) is 58.1 Å². The molecule has 1 aromatic carbocycles. The number of aliphatic hydroxyl groups is 1. The van der Waals surface area contributed by atoms with Crippen LogP contribution in [0.2, 0.25) is 0 Å². The molecule has 0 saturated heterocycles. The standard InChI is InChI=1S/C20H25N5O2/c1-12(7-8-13-4-3-10-22-19(13)21)23-16-9-11-25-17-14(18(16)26)5-2-6-15(17)24-20(25)27/h2-6,10,12,16,18,23,26H,7-9,11H2,1H3,(H2,21,22)(H,24,27)/t12?,16-,18-/m1/s1. The van der Waals surface area contributed by atoms with E-state index in [2.05, 4.69) is 22.2 Å². The maximum atomic E-state index is 12.2. The van der Waals surface area contributed by atoms with Gasteiger partial charge in [0.1, 0.15) is 5.82 Å². The lowest BCUT2D eigenvalue weighted by Gasteiger charge is -2.26. The summed E-state index contributed by atoms with van der Waals surface area (Å²) >= 11 is 0. The Labute approximate surface area is 157 Å². The molecule has 0 amide bonds. The first-order chi connectivity index (χ1) is 13.0. The van der Waals surface area contributed by atoms with E-state index in [1.165, 1.54) is 0 Å². The van der Waals surface area contributed by atoms with Gasteiger partial charge >= 0.3 is 5.69 Å². The summed E-state index contributed by atoms with van der Waals surface area (Å²) in [7, 11) is 0. The number of benzene rings is 1. The van der Waals surface area contributed by atoms with Gasteiger partial charge < -0.3 is 21.1 Å². The fourth-order valence-corrected chi connectivity index (χ4v) is 4.00. The number of nitrogens with zero attached hydrogens (tertiary/aromatic N) is 2. The van der Waals surface area contributed by atoms with Gasteiger partial charge in [0.25, 0.3) is 0 Å². The highest BCUT2D eigenvalue weighted by Gasteiger charge is 2.29. The predicted molar refractivity (Wildman–Crippen MR) is 105 cm³/mol. The number of para-hydroxylation sites is 1. The first-order valence-corrected chi connectivity index (χ1v) is 9.39. The van der Waals surface area contributed by atoms with Crippen LogP contribution in [-0.4, -0.2) is 31.7 Å². The normalized spacial score (nSPS) is 20.5. The Morgan fingerprint density at radius 2 is 2.26 bits per heavy atom. The van der Waals surface area contributed by atoms with E-state index in [9.17, 15) is 9.90 Å². The van der Waals surface area contributed by atoms with Crippen molar-refractivity contribution in [3.63, 3.8) is 0 Å². The predicted octanol–water partition coefficient (Wildman–Crippen LogP) is 1.72. The van der Waals surface area contributed by atoms with E-state index in [-0.39, 0.29) is 17.8 Å². The number of hydrogen-bond donors (Lipinski definition) is 4. The molecule has 5 N–H and O–H groups in total. The van der Waals surface area contributed by atoms with E-state index in [1.807, 2.05) is 30.3 Å². The third-order valence-corrected chi connectivity index (χ3v) is 5.46. The Balaban J connectivity index is 1.48. The molecule has 4 rings (SSSR count). The van der Waals surface area contributed by atoms with Crippen LogP contribution in [0.4, 0.5) is 5.82 Å². The summed E-state index contributed by atoms with van der Waals surface area (Å²) < 4.78 is 1.73. The van der Waals surface area contributed by atoms with Crippen LogP contribution in [0, 0.1) is 0 Å². The molecule has 1 aliphatic rings. The number of nitrogens with one attached hydrogen (secondary N) is 2. The Hall–Kier alpha value is -2.64. The Bertz CT molecular complexity index is 1010. The molecule has 3 aromatic rings. The quantitative estimate of drug-likeness (QED) is 0.549. The first kappa shape index (κ1) is 17.8. The van der Waals surface area contributed by atoms with Crippen molar-refractivity contribution >= 4 is 16.9 Å². The van der Waals surface area contributed by atoms with Gasteiger partial charge in [0, 0.05) is 30.4 Å². The molecule has 0 spiro atoms. The maximum Gasteiger partial charge on any atom is 0.326 e. The number of hydrogen-bond acceptors (Lipinski definition) is 5. The number of nitrogen functional groups attached to an aromatic ring is 1. The molecule has 7 heteroatoms. The second-order valence-electron chi connectivity index (χ2n) is 7.32. The summed E-state index contributed by atoms with van der Waals surface area (Å²) in [5, 5.41) is 14.5. The Morgan fingerprint density at radius 3 is 3.07 bits per heavy atom. The number of imidazole rings is 1. The molecule has 142 valence electrons. The fourth-order valence-electron chi connectivity index (χ4n) is 4.00. The average Bonchev–Trinajstić information content (AvgIpc) is 2.91. The second-order valence-corrected chi connectivity index (χ2v) is 7.32. The zero-order chi connectivity index (χ0) is 19.0. The first-order valence-electron chi connectivity index (χ1n) is 9.39. The molecule has 7 nitrogen and oxygen atoms in total. The van der Waals surface area contributed by atoms with Crippen molar-refractivity contribution in [2.45, 2.75) is 50.9 Å². The number of aryl methyl sites for hydroxylation is 2. The summed E-state index contributed by atoms with van der Waals surface area (Å²) in [5.41, 5.74) is 9.23. The van der Waals surface area contributed by atoms with E-state index in [0.29, 0.717) is 18.8 Å². The van der Waals surface area contributed by atoms with Crippen LogP contribution < -0.4 is 16.7 Å². The number of rotatable bonds is 5. The van der Waals surface area contributed by atoms with Crippen molar-refractivity contribution in [2.75, 3.05) is 5.73 Å². The summed E-state index contributed by atoms with van der Waals surface area (Å²) in [6.45, 7) is 2.69. The van der Waals surface area contributed by atoms with Crippen molar-refractivity contribution in [1.82, 2.24) is 19.9 Å². The molecule has 1 unspecified atom stereocenters. The van der Waals surface area contributed by atoms with Crippen LogP contribution >= 0.6 is 0 Å². The van der Waals surface area contributed by atoms with E-state index in [1.54, 1.807) is 10.8 Å². The van der Waals surface area contributed by atoms with Gasteiger partial charge in [-0.05, 0) is 43.9 Å². The molecular weight excluding hydrogens is 342 g/mol. The molecule has 0 aliphatic carbocycles. The minimum Gasteiger partial charge on any atom is -0.387 e. The number of aromatic nitrogens is 3. The van der Waals surface area contributed by atoms with Crippen LogP contribution in [-0.2, 0) is 13.0 Å². The molecule has 2 aromatic heterocycles. The summed E-state index contributed by atoms with van der Waals surface area (Å²) in [6.07, 6.45) is 3.42. The van der Waals surface area contributed by atoms with E-state index in [0.717, 1.165) is 35.0 Å². The monoisotopic (exact) mass is 367 g/mol. The van der Waals surface area contributed by atoms with Gasteiger partial charge in [-0.25, -0.2) is 9.78 Å². The molecule has 0 bridgehead atoms. The van der Waals surface area contributed by atoms with Gasteiger partial charge in [-0.1, -0.05) is 18.2 Å². The smallest absolute Gasteiger partial charge is 0.326 e. The Morgan fingerprint density at radius 1 is 1.41 bits per heavy atom. The number of aromatic amines is 1. The lowest BCUT2D eigenvalue weighted by atomic mass is 9.98. The molecule has 3 atom stereocenters. The lowest BCUT2D eigenvalue weighted by Crippen LogP contribution is -2.41. The molecule has 0 fully saturated rings. The summed E-state index contributed by atoms with van der Waals surface area (Å²) in [6, 6.07) is 9.62. The highest BCUT2D eigenvalue weighted by atomic mass is 16.3. The van der Waals surface area contributed by atoms with E-state index >= 15 is 0 Å². The zero-order valence-electron chi connectivity index (χ0n) is 15.4. The minimum atomic E-state index is -0.663. The van der Waals surface area contributed by atoms with Gasteiger partial charge in [0.15, 0.2) is 0 Å². The average molecular weight is 367 g/mol. The van der Waals surface area contributed by atoms with Gasteiger partial charge in [-0.15, -0.1) is 0 Å². The third-order valence-electron chi connectivity index (χ3n) is 5.46.